The van der Waals surface area contributed by atoms with Crippen LogP contribution in [-0.2, 0) is 16.0 Å². The first-order chi connectivity index (χ1) is 11.8. The Hall–Kier alpha value is -2.04. The smallest absolute Gasteiger partial charge is 0.225 e. The molecular weight excluding hydrogens is 316 g/mol. The van der Waals surface area contributed by atoms with Crippen LogP contribution in [0.3, 0.4) is 0 Å². The number of benzene rings is 1. The molecule has 0 aromatic heterocycles. The molecule has 1 N–H and O–H groups in total. The number of hydrogen-bond acceptors (Lipinski definition) is 3. The van der Waals surface area contributed by atoms with E-state index in [-0.39, 0.29) is 23.3 Å². The molecule has 2 amide bonds. The topological polar surface area (TPSA) is 58.6 Å². The molecule has 25 heavy (non-hydrogen) atoms. The number of methoxy groups -OCH3 is 1. The molecule has 5 heteroatoms. The molecule has 1 aliphatic rings. The van der Waals surface area contributed by atoms with E-state index >= 15 is 0 Å². The van der Waals surface area contributed by atoms with Crippen LogP contribution in [0.15, 0.2) is 24.3 Å². The van der Waals surface area contributed by atoms with Gasteiger partial charge in [-0.15, -0.1) is 0 Å². The number of carbonyl (C=O) groups excluding carboxylic acids is 2. The van der Waals surface area contributed by atoms with E-state index < -0.39 is 0 Å². The highest BCUT2D eigenvalue weighted by Crippen LogP contribution is 2.18. The fourth-order valence-corrected chi connectivity index (χ4v) is 2.88. The number of piperidine rings is 1. The lowest BCUT2D eigenvalue weighted by Crippen LogP contribution is -2.49. The van der Waals surface area contributed by atoms with E-state index in [1.54, 1.807) is 7.11 Å². The van der Waals surface area contributed by atoms with E-state index in [4.69, 9.17) is 4.74 Å². The minimum Gasteiger partial charge on any atom is -0.497 e. The Morgan fingerprint density at radius 2 is 1.76 bits per heavy atom. The van der Waals surface area contributed by atoms with Crippen molar-refractivity contribution in [3.05, 3.63) is 29.8 Å². The standard InChI is InChI=1S/C20H30N2O3/c1-20(2,3)19(24)21-16-11-13-22(14-12-16)18(23)10-7-15-5-8-17(25-4)9-6-15/h5-6,8-9,16H,7,10-14H2,1-4H3,(H,21,24). The highest BCUT2D eigenvalue weighted by Gasteiger charge is 2.27. The van der Waals surface area contributed by atoms with Crippen LogP contribution in [0.2, 0.25) is 0 Å². The molecule has 0 spiro atoms. The van der Waals surface area contributed by atoms with Crippen molar-refractivity contribution in [3.63, 3.8) is 0 Å². The predicted molar refractivity (Wildman–Crippen MR) is 98.5 cm³/mol. The average Bonchev–Trinajstić information content (AvgIpc) is 2.60. The van der Waals surface area contributed by atoms with Crippen molar-refractivity contribution in [3.8, 4) is 5.75 Å². The molecule has 1 aliphatic heterocycles. The summed E-state index contributed by atoms with van der Waals surface area (Å²) in [5, 5.41) is 3.10. The first kappa shape index (κ1) is 19.3. The highest BCUT2D eigenvalue weighted by molar-refractivity contribution is 5.81. The van der Waals surface area contributed by atoms with Crippen molar-refractivity contribution in [1.29, 1.82) is 0 Å². The number of carbonyl (C=O) groups is 2. The molecule has 1 aromatic carbocycles. The molecule has 0 unspecified atom stereocenters. The molecule has 0 atom stereocenters. The minimum absolute atomic E-state index is 0.0804. The van der Waals surface area contributed by atoms with Gasteiger partial charge in [-0.3, -0.25) is 9.59 Å². The molecule has 0 bridgehead atoms. The Kier molecular flexibility index (Phi) is 6.45. The lowest BCUT2D eigenvalue weighted by Gasteiger charge is -2.33. The van der Waals surface area contributed by atoms with Gasteiger partial charge in [-0.1, -0.05) is 32.9 Å². The first-order valence-electron chi connectivity index (χ1n) is 9.01. The maximum Gasteiger partial charge on any atom is 0.225 e. The summed E-state index contributed by atoms with van der Waals surface area (Å²) in [6.07, 6.45) is 2.92. The zero-order valence-electron chi connectivity index (χ0n) is 15.8. The summed E-state index contributed by atoms with van der Waals surface area (Å²) in [5.41, 5.74) is 0.771. The maximum atomic E-state index is 12.4. The van der Waals surface area contributed by atoms with Crippen LogP contribution in [0, 0.1) is 5.41 Å². The number of amides is 2. The maximum absolute atomic E-state index is 12.4. The van der Waals surface area contributed by atoms with Gasteiger partial charge in [0.15, 0.2) is 0 Å². The van der Waals surface area contributed by atoms with Crippen LogP contribution < -0.4 is 10.1 Å². The van der Waals surface area contributed by atoms with E-state index in [9.17, 15) is 9.59 Å². The third-order valence-corrected chi connectivity index (χ3v) is 4.65. The minimum atomic E-state index is -0.370. The van der Waals surface area contributed by atoms with Gasteiger partial charge < -0.3 is 15.0 Å². The molecule has 0 radical (unpaired) electrons. The van der Waals surface area contributed by atoms with Crippen LogP contribution in [0.4, 0.5) is 0 Å². The third kappa shape index (κ3) is 5.76. The zero-order valence-corrected chi connectivity index (χ0v) is 15.8. The van der Waals surface area contributed by atoms with Gasteiger partial charge in [-0.25, -0.2) is 0 Å². The molecular formula is C20H30N2O3. The molecule has 138 valence electrons. The van der Waals surface area contributed by atoms with Crippen LogP contribution in [0.25, 0.3) is 0 Å². The van der Waals surface area contributed by atoms with Gasteiger partial charge in [0.05, 0.1) is 7.11 Å². The molecule has 0 saturated carbocycles. The van der Waals surface area contributed by atoms with Crippen molar-refractivity contribution in [2.75, 3.05) is 20.2 Å². The number of rotatable bonds is 5. The summed E-state index contributed by atoms with van der Waals surface area (Å²) in [6.45, 7) is 7.19. The van der Waals surface area contributed by atoms with Crippen LogP contribution in [0.5, 0.6) is 5.75 Å². The van der Waals surface area contributed by atoms with Gasteiger partial charge in [0.1, 0.15) is 5.75 Å². The second-order valence-corrected chi connectivity index (χ2v) is 7.73. The van der Waals surface area contributed by atoms with Crippen molar-refractivity contribution in [2.24, 2.45) is 5.41 Å². The number of nitrogens with zero attached hydrogens (tertiary/aromatic N) is 1. The lowest BCUT2D eigenvalue weighted by molar-refractivity contribution is -0.132. The highest BCUT2D eigenvalue weighted by atomic mass is 16.5. The number of likely N-dealkylation sites (tertiary alicyclic amines) is 1. The molecule has 5 nitrogen and oxygen atoms in total. The molecule has 1 fully saturated rings. The van der Waals surface area contributed by atoms with Crippen LogP contribution in [0.1, 0.15) is 45.6 Å². The number of hydrogen-bond donors (Lipinski definition) is 1. The summed E-state index contributed by atoms with van der Waals surface area (Å²) in [4.78, 5) is 26.4. The van der Waals surface area contributed by atoms with E-state index in [0.717, 1.165) is 43.7 Å². The second kappa shape index (κ2) is 8.37. The number of ether oxygens (including phenoxy) is 1. The van der Waals surface area contributed by atoms with Crippen molar-refractivity contribution in [2.45, 2.75) is 52.5 Å². The molecule has 1 heterocycles. The third-order valence-electron chi connectivity index (χ3n) is 4.65. The Morgan fingerprint density at radius 1 is 1.16 bits per heavy atom. The summed E-state index contributed by atoms with van der Waals surface area (Å²) >= 11 is 0. The summed E-state index contributed by atoms with van der Waals surface area (Å²) < 4.78 is 5.14. The Balaban J connectivity index is 1.74. The Bertz CT molecular complexity index is 582. The van der Waals surface area contributed by atoms with Crippen LogP contribution in [-0.4, -0.2) is 43.0 Å². The van der Waals surface area contributed by atoms with Gasteiger partial charge in [-0.05, 0) is 37.0 Å². The summed E-state index contributed by atoms with van der Waals surface area (Å²) in [5.74, 6) is 1.10. The van der Waals surface area contributed by atoms with Gasteiger partial charge in [0.25, 0.3) is 0 Å². The Labute approximate surface area is 150 Å². The van der Waals surface area contributed by atoms with Gasteiger partial charge >= 0.3 is 0 Å². The molecule has 1 aromatic rings. The quantitative estimate of drug-likeness (QED) is 0.892. The van der Waals surface area contributed by atoms with Crippen LogP contribution >= 0.6 is 0 Å². The monoisotopic (exact) mass is 346 g/mol. The predicted octanol–water partition coefficient (Wildman–Crippen LogP) is 2.78. The Morgan fingerprint density at radius 3 is 2.28 bits per heavy atom. The second-order valence-electron chi connectivity index (χ2n) is 7.73. The fraction of sp³-hybridized carbons (Fsp3) is 0.600. The molecule has 0 aliphatic carbocycles. The van der Waals surface area contributed by atoms with E-state index in [0.29, 0.717) is 6.42 Å². The van der Waals surface area contributed by atoms with E-state index in [1.165, 1.54) is 0 Å². The molecule has 2 rings (SSSR count). The van der Waals surface area contributed by atoms with E-state index in [2.05, 4.69) is 5.32 Å². The summed E-state index contributed by atoms with van der Waals surface area (Å²) in [7, 11) is 1.64. The largest absolute Gasteiger partial charge is 0.497 e. The SMILES string of the molecule is COc1ccc(CCC(=O)N2CCC(NC(=O)C(C)(C)C)CC2)cc1. The fourth-order valence-electron chi connectivity index (χ4n) is 2.88. The zero-order chi connectivity index (χ0) is 18.4. The lowest BCUT2D eigenvalue weighted by atomic mass is 9.94. The van der Waals surface area contributed by atoms with Crippen molar-refractivity contribution >= 4 is 11.8 Å². The van der Waals surface area contributed by atoms with E-state index in [1.807, 2.05) is 49.9 Å². The number of nitrogens with one attached hydrogen (secondary N) is 1. The first-order valence-corrected chi connectivity index (χ1v) is 9.01. The van der Waals surface area contributed by atoms with Crippen molar-refractivity contribution < 1.29 is 14.3 Å². The van der Waals surface area contributed by atoms with Gasteiger partial charge in [0, 0.05) is 31.0 Å². The molecule has 1 saturated heterocycles. The normalized spacial score (nSPS) is 15.8. The van der Waals surface area contributed by atoms with Crippen molar-refractivity contribution in [1.82, 2.24) is 10.2 Å². The summed E-state index contributed by atoms with van der Waals surface area (Å²) in [6, 6.07) is 8.02. The average molecular weight is 346 g/mol. The van der Waals surface area contributed by atoms with Gasteiger partial charge in [-0.2, -0.15) is 0 Å². The van der Waals surface area contributed by atoms with Gasteiger partial charge in [0.2, 0.25) is 11.8 Å². The number of aryl methyl sites for hydroxylation is 1.